The first-order valence-corrected chi connectivity index (χ1v) is 22.8. The highest BCUT2D eigenvalue weighted by Crippen LogP contribution is 2.32. The molecule has 0 radical (unpaired) electrons. The number of carbonyl (C=O) groups excluding carboxylic acids is 2. The maximum atomic E-state index is 12.7. The minimum absolute atomic E-state index is 0.00362. The Labute approximate surface area is 322 Å². The number of unbranched alkanes of at least 4 members (excludes halogenated alkanes) is 18. The van der Waals surface area contributed by atoms with Gasteiger partial charge in [-0.3, -0.25) is 4.79 Å². The van der Waals surface area contributed by atoms with Gasteiger partial charge in [0.15, 0.2) is 0 Å². The highest BCUT2D eigenvalue weighted by molar-refractivity contribution is 5.69. The van der Waals surface area contributed by atoms with E-state index in [-0.39, 0.29) is 18.7 Å². The van der Waals surface area contributed by atoms with Crippen molar-refractivity contribution >= 4 is 12.1 Å². The Morgan fingerprint density at radius 1 is 0.577 bits per heavy atom. The van der Waals surface area contributed by atoms with Gasteiger partial charge in [-0.15, -0.1) is 0 Å². The van der Waals surface area contributed by atoms with Gasteiger partial charge < -0.3 is 24.2 Å². The van der Waals surface area contributed by atoms with Crippen LogP contribution in [0.5, 0.6) is 0 Å². The number of aliphatic hydroxyl groups excluding tert-OH is 1. The summed E-state index contributed by atoms with van der Waals surface area (Å²) in [6.07, 6.45) is 36.0. The van der Waals surface area contributed by atoms with Crippen LogP contribution < -0.4 is 0 Å². The standard InChI is InChI=1S/C45H87NO6/c1-4-7-10-12-15-21-28-43(29-22-16-13-11-8-5-2)52-44(48)30-23-17-14-18-24-35-46(37-38-47)36-25-19-26-39-50-45(49)51-40-42-33-31-41(32-34-42)27-20-9-6-3/h41-43,47H,4-40H2,1-3H3. The molecule has 0 aromatic rings. The highest BCUT2D eigenvalue weighted by Gasteiger charge is 2.22. The van der Waals surface area contributed by atoms with Crippen molar-refractivity contribution in [3.8, 4) is 0 Å². The molecule has 308 valence electrons. The number of nitrogens with zero attached hydrogens (tertiary/aromatic N) is 1. The first kappa shape index (κ1) is 48.7. The fraction of sp³-hybridized carbons (Fsp3) is 0.956. The maximum Gasteiger partial charge on any atom is 0.508 e. The SMILES string of the molecule is CCCCCCCCC(CCCCCCCC)OC(=O)CCCCCCCN(CCO)CCCCCOC(=O)OCC1CCC(CCCCC)CC1. The van der Waals surface area contributed by atoms with Crippen molar-refractivity contribution in [2.45, 2.75) is 226 Å². The van der Waals surface area contributed by atoms with Crippen molar-refractivity contribution in [2.75, 3.05) is 39.5 Å². The van der Waals surface area contributed by atoms with Crippen molar-refractivity contribution in [1.82, 2.24) is 4.90 Å². The molecule has 1 rings (SSSR count). The van der Waals surface area contributed by atoms with Gasteiger partial charge in [-0.2, -0.15) is 0 Å². The molecule has 0 spiro atoms. The van der Waals surface area contributed by atoms with Crippen LogP contribution in [0.1, 0.15) is 220 Å². The highest BCUT2D eigenvalue weighted by atomic mass is 16.7. The number of hydrogen-bond acceptors (Lipinski definition) is 7. The van der Waals surface area contributed by atoms with Crippen LogP contribution in [0.4, 0.5) is 4.79 Å². The van der Waals surface area contributed by atoms with E-state index in [1.165, 1.54) is 128 Å². The second kappa shape index (κ2) is 36.6. The quantitative estimate of drug-likeness (QED) is 0.0502. The van der Waals surface area contributed by atoms with Gasteiger partial charge in [-0.05, 0) is 95.6 Å². The lowest BCUT2D eigenvalue weighted by molar-refractivity contribution is -0.150. The normalized spacial score (nSPS) is 16.1. The summed E-state index contributed by atoms with van der Waals surface area (Å²) >= 11 is 0. The van der Waals surface area contributed by atoms with Gasteiger partial charge in [0.2, 0.25) is 0 Å². The zero-order chi connectivity index (χ0) is 37.7. The van der Waals surface area contributed by atoms with E-state index in [2.05, 4.69) is 25.7 Å². The summed E-state index contributed by atoms with van der Waals surface area (Å²) in [7, 11) is 0. The third-order valence-electron chi connectivity index (χ3n) is 11.3. The molecule has 0 aliphatic heterocycles. The summed E-state index contributed by atoms with van der Waals surface area (Å²) in [5.41, 5.74) is 0. The topological polar surface area (TPSA) is 85.3 Å². The van der Waals surface area contributed by atoms with Gasteiger partial charge in [-0.1, -0.05) is 143 Å². The molecular weight excluding hydrogens is 650 g/mol. The smallest absolute Gasteiger partial charge is 0.462 e. The predicted octanol–water partition coefficient (Wildman–Crippen LogP) is 12.7. The van der Waals surface area contributed by atoms with Crippen molar-refractivity contribution in [2.24, 2.45) is 11.8 Å². The number of rotatable bonds is 37. The lowest BCUT2D eigenvalue weighted by Crippen LogP contribution is -2.29. The van der Waals surface area contributed by atoms with Gasteiger partial charge in [-0.25, -0.2) is 4.79 Å². The average Bonchev–Trinajstić information content (AvgIpc) is 3.14. The van der Waals surface area contributed by atoms with E-state index in [1.54, 1.807) is 0 Å². The molecule has 1 saturated carbocycles. The van der Waals surface area contributed by atoms with Gasteiger partial charge in [0.05, 0.1) is 19.8 Å². The molecule has 1 N–H and O–H groups in total. The lowest BCUT2D eigenvalue weighted by Gasteiger charge is -2.28. The second-order valence-corrected chi connectivity index (χ2v) is 16.2. The summed E-state index contributed by atoms with van der Waals surface area (Å²) in [6.45, 7) is 10.5. The third kappa shape index (κ3) is 30.0. The molecule has 0 unspecified atom stereocenters. The summed E-state index contributed by atoms with van der Waals surface area (Å²) in [5.74, 6) is 1.37. The molecule has 0 atom stereocenters. The molecule has 7 nitrogen and oxygen atoms in total. The van der Waals surface area contributed by atoms with Crippen molar-refractivity contribution in [3.63, 3.8) is 0 Å². The predicted molar refractivity (Wildman–Crippen MR) is 218 cm³/mol. The fourth-order valence-corrected chi connectivity index (χ4v) is 7.79. The molecule has 0 saturated heterocycles. The monoisotopic (exact) mass is 738 g/mol. The Bertz CT molecular complexity index is 770. The Kier molecular flexibility index (Phi) is 34.3. The Hall–Kier alpha value is -1.34. The third-order valence-corrected chi connectivity index (χ3v) is 11.3. The zero-order valence-corrected chi connectivity index (χ0v) is 34.8. The first-order chi connectivity index (χ1) is 25.5. The van der Waals surface area contributed by atoms with Gasteiger partial charge >= 0.3 is 12.1 Å². The summed E-state index contributed by atoms with van der Waals surface area (Å²) in [6, 6.07) is 0. The molecular formula is C45H87NO6. The molecule has 0 amide bonds. The van der Waals surface area contributed by atoms with Crippen LogP contribution in [-0.4, -0.2) is 67.7 Å². The van der Waals surface area contributed by atoms with E-state index < -0.39 is 6.16 Å². The first-order valence-electron chi connectivity index (χ1n) is 22.8. The van der Waals surface area contributed by atoms with Crippen LogP contribution in [0.25, 0.3) is 0 Å². The van der Waals surface area contributed by atoms with E-state index >= 15 is 0 Å². The lowest BCUT2D eigenvalue weighted by atomic mass is 9.80. The van der Waals surface area contributed by atoms with Crippen LogP contribution in [0.2, 0.25) is 0 Å². The van der Waals surface area contributed by atoms with Gasteiger partial charge in [0.25, 0.3) is 0 Å². The molecule has 1 fully saturated rings. The molecule has 1 aliphatic rings. The van der Waals surface area contributed by atoms with Gasteiger partial charge in [0.1, 0.15) is 6.10 Å². The van der Waals surface area contributed by atoms with Crippen LogP contribution in [0.15, 0.2) is 0 Å². The van der Waals surface area contributed by atoms with Crippen molar-refractivity contribution < 1.29 is 28.9 Å². The molecule has 0 bridgehead atoms. The molecule has 7 heteroatoms. The summed E-state index contributed by atoms with van der Waals surface area (Å²) in [5, 5.41) is 9.55. The molecule has 0 aromatic heterocycles. The Morgan fingerprint density at radius 2 is 1.08 bits per heavy atom. The zero-order valence-electron chi connectivity index (χ0n) is 34.8. The van der Waals surface area contributed by atoms with E-state index in [0.29, 0.717) is 32.1 Å². The molecule has 0 aromatic carbocycles. The van der Waals surface area contributed by atoms with E-state index in [4.69, 9.17) is 14.2 Å². The van der Waals surface area contributed by atoms with Crippen molar-refractivity contribution in [1.29, 1.82) is 0 Å². The largest absolute Gasteiger partial charge is 0.508 e. The summed E-state index contributed by atoms with van der Waals surface area (Å²) < 4.78 is 16.8. The molecule has 1 aliphatic carbocycles. The number of esters is 1. The molecule has 52 heavy (non-hydrogen) atoms. The Balaban J connectivity index is 2.10. The van der Waals surface area contributed by atoms with Gasteiger partial charge in [0, 0.05) is 13.0 Å². The van der Waals surface area contributed by atoms with Crippen LogP contribution in [-0.2, 0) is 19.0 Å². The molecule has 0 heterocycles. The minimum Gasteiger partial charge on any atom is -0.462 e. The number of hydrogen-bond donors (Lipinski definition) is 1. The number of carbonyl (C=O) groups is 2. The summed E-state index contributed by atoms with van der Waals surface area (Å²) in [4.78, 5) is 27.1. The van der Waals surface area contributed by atoms with Crippen LogP contribution >= 0.6 is 0 Å². The van der Waals surface area contributed by atoms with Crippen LogP contribution in [0.3, 0.4) is 0 Å². The minimum atomic E-state index is -0.514. The maximum absolute atomic E-state index is 12.7. The van der Waals surface area contributed by atoms with E-state index in [9.17, 15) is 14.7 Å². The number of aliphatic hydroxyl groups is 1. The number of ether oxygens (including phenoxy) is 3. The van der Waals surface area contributed by atoms with Crippen molar-refractivity contribution in [3.05, 3.63) is 0 Å². The fourth-order valence-electron chi connectivity index (χ4n) is 7.79. The Morgan fingerprint density at radius 3 is 1.67 bits per heavy atom. The second-order valence-electron chi connectivity index (χ2n) is 16.2. The average molecular weight is 738 g/mol. The van der Waals surface area contributed by atoms with E-state index in [1.807, 2.05) is 0 Å². The van der Waals surface area contributed by atoms with E-state index in [0.717, 1.165) is 83.2 Å². The van der Waals surface area contributed by atoms with Crippen LogP contribution in [0, 0.1) is 11.8 Å².